The fourth-order valence-corrected chi connectivity index (χ4v) is 11.7. The summed E-state index contributed by atoms with van der Waals surface area (Å²) in [7, 11) is 0. The number of hydrogen-bond donors (Lipinski definition) is 23. The number of benzene rings is 1. The maximum Gasteiger partial charge on any atom is 0.187 e. The van der Waals surface area contributed by atoms with Gasteiger partial charge in [-0.3, -0.25) is 0 Å². The zero-order valence-corrected chi connectivity index (χ0v) is 46.7. The molecule has 21 aliphatic heterocycles. The molecular formula is C51H82N2O35. The number of phenols is 1. The van der Waals surface area contributed by atoms with E-state index < -0.39 is 255 Å². The van der Waals surface area contributed by atoms with E-state index in [1.54, 1.807) is 18.2 Å². The van der Waals surface area contributed by atoms with E-state index >= 15 is 0 Å². The zero-order valence-electron chi connectivity index (χ0n) is 46.7. The van der Waals surface area contributed by atoms with E-state index in [0.29, 0.717) is 5.56 Å². The molecule has 0 saturated carbocycles. The summed E-state index contributed by atoms with van der Waals surface area (Å²) < 4.78 is 81.4. The average Bonchev–Trinajstić information content (AvgIpc) is 1.79. The molecule has 23 N–H and O–H groups in total. The molecule has 35 atom stereocenters. The van der Waals surface area contributed by atoms with Crippen LogP contribution >= 0.6 is 0 Å². The minimum Gasteiger partial charge on any atom is -0.508 e. The van der Waals surface area contributed by atoms with Gasteiger partial charge in [0.05, 0.1) is 39.6 Å². The van der Waals surface area contributed by atoms with Gasteiger partial charge in [-0.25, -0.2) is 0 Å². The minimum atomic E-state index is -2.21. The smallest absolute Gasteiger partial charge is 0.187 e. The van der Waals surface area contributed by atoms with Crippen LogP contribution in [0, 0.1) is 0 Å². The van der Waals surface area contributed by atoms with Gasteiger partial charge in [0, 0.05) is 31.7 Å². The van der Waals surface area contributed by atoms with Crippen LogP contribution in [0.15, 0.2) is 24.3 Å². The Balaban J connectivity index is 0.992. The fraction of sp³-hybridized carbons (Fsp3) is 0.882. The maximum absolute atomic E-state index is 11.8. The minimum absolute atomic E-state index is 0.0421. The highest BCUT2D eigenvalue weighted by Gasteiger charge is 2.59. The first-order valence-electron chi connectivity index (χ1n) is 28.6. The second-order valence-corrected chi connectivity index (χ2v) is 22.5. The highest BCUT2D eigenvalue weighted by Crippen LogP contribution is 2.39. The van der Waals surface area contributed by atoms with Crippen LogP contribution in [-0.4, -0.2) is 381 Å². The zero-order chi connectivity index (χ0) is 63.6. The Hall–Kier alpha value is -2.42. The molecule has 14 bridgehead atoms. The van der Waals surface area contributed by atoms with Crippen LogP contribution in [0.25, 0.3) is 0 Å². The van der Waals surface area contributed by atoms with Crippen molar-refractivity contribution >= 4 is 0 Å². The Bertz CT molecular complexity index is 2280. The molecule has 21 fully saturated rings. The first-order chi connectivity index (χ1) is 42.1. The van der Waals surface area contributed by atoms with Gasteiger partial charge in [-0.2, -0.15) is 0 Å². The Kier molecular flexibility index (Phi) is 24.4. The number of aromatic hydroxyl groups is 1. The van der Waals surface area contributed by atoms with Crippen molar-refractivity contribution in [1.82, 2.24) is 10.6 Å². The van der Waals surface area contributed by atoms with E-state index in [1.165, 1.54) is 6.07 Å². The molecule has 1 aromatic rings. The number of ether oxygens (including phenoxy) is 14. The second-order valence-electron chi connectivity index (χ2n) is 22.5. The molecule has 88 heavy (non-hydrogen) atoms. The molecule has 21 aliphatic rings. The third-order valence-corrected chi connectivity index (χ3v) is 16.7. The van der Waals surface area contributed by atoms with Crippen molar-refractivity contribution < 1.29 is 174 Å². The predicted octanol–water partition coefficient (Wildman–Crippen LogP) is -14.1. The Labute approximate surface area is 499 Å². The Morgan fingerprint density at radius 3 is 0.727 bits per heavy atom. The third kappa shape index (κ3) is 14.6. The topological polar surface area (TPSA) is 578 Å². The van der Waals surface area contributed by atoms with Crippen molar-refractivity contribution in [3.8, 4) is 5.75 Å². The van der Waals surface area contributed by atoms with Crippen molar-refractivity contribution in [2.24, 2.45) is 0 Å². The lowest BCUT2D eigenvalue weighted by atomic mass is 9.95. The van der Waals surface area contributed by atoms with Gasteiger partial charge in [0.1, 0.15) is 177 Å². The number of nitrogens with one attached hydrogen (secondary N) is 2. The largest absolute Gasteiger partial charge is 0.508 e. The molecule has 37 heteroatoms. The Morgan fingerprint density at radius 1 is 0.273 bits per heavy atom. The van der Waals surface area contributed by atoms with Crippen LogP contribution in [0.4, 0.5) is 0 Å². The first kappa shape index (κ1) is 69.9. The molecule has 0 amide bonds. The van der Waals surface area contributed by atoms with E-state index in [0.717, 1.165) is 0 Å². The highest BCUT2D eigenvalue weighted by molar-refractivity contribution is 5.31. The van der Waals surface area contributed by atoms with Gasteiger partial charge in [0.15, 0.2) is 44.0 Å². The summed E-state index contributed by atoms with van der Waals surface area (Å²) in [4.78, 5) is 0. The number of aliphatic hydroxyl groups excluding tert-OH is 20. The predicted molar refractivity (Wildman–Crippen MR) is 274 cm³/mol. The van der Waals surface area contributed by atoms with Crippen molar-refractivity contribution in [1.29, 1.82) is 0 Å². The normalized spacial score (nSPS) is 49.9. The lowest BCUT2D eigenvalue weighted by Crippen LogP contribution is -2.68. The van der Waals surface area contributed by atoms with Gasteiger partial charge in [-0.05, 0) is 6.07 Å². The van der Waals surface area contributed by atoms with Gasteiger partial charge in [-0.1, -0.05) is 18.2 Å². The van der Waals surface area contributed by atoms with Crippen molar-refractivity contribution in [3.63, 3.8) is 0 Å². The van der Waals surface area contributed by atoms with E-state index in [9.17, 15) is 107 Å². The summed E-state index contributed by atoms with van der Waals surface area (Å²) in [6.07, 6.45) is -69.8. The number of aliphatic hydroxyl groups is 20. The summed E-state index contributed by atoms with van der Waals surface area (Å²) in [5.74, 6) is 0.0421. The highest BCUT2D eigenvalue weighted by atomic mass is 16.8. The van der Waals surface area contributed by atoms with Crippen LogP contribution in [0.5, 0.6) is 5.75 Å². The molecule has 0 aromatic heterocycles. The van der Waals surface area contributed by atoms with Crippen LogP contribution in [0.1, 0.15) is 5.56 Å². The first-order valence-corrected chi connectivity index (χ1v) is 28.6. The second kappa shape index (κ2) is 30.8. The summed E-state index contributed by atoms with van der Waals surface area (Å²) in [5.41, 5.74) is 0.581. The van der Waals surface area contributed by atoms with Crippen molar-refractivity contribution in [3.05, 3.63) is 29.8 Å². The van der Waals surface area contributed by atoms with Crippen LogP contribution in [0.2, 0.25) is 0 Å². The van der Waals surface area contributed by atoms with Gasteiger partial charge in [0.2, 0.25) is 0 Å². The summed E-state index contributed by atoms with van der Waals surface area (Å²) in [6.45, 7) is -5.93. The lowest BCUT2D eigenvalue weighted by molar-refractivity contribution is -0.396. The average molecular weight is 1280 g/mol. The van der Waals surface area contributed by atoms with Gasteiger partial charge >= 0.3 is 0 Å². The van der Waals surface area contributed by atoms with Crippen molar-refractivity contribution in [2.75, 3.05) is 59.3 Å². The molecule has 22 rings (SSSR count). The third-order valence-electron chi connectivity index (χ3n) is 16.7. The van der Waals surface area contributed by atoms with E-state index in [2.05, 4.69) is 10.6 Å². The number of hydrogen-bond acceptors (Lipinski definition) is 37. The number of rotatable bonds is 13. The maximum atomic E-state index is 11.8. The number of phenolic OH excluding ortho intramolecular Hbond substituents is 1. The fourth-order valence-electron chi connectivity index (χ4n) is 11.7. The van der Waals surface area contributed by atoms with Crippen molar-refractivity contribution in [2.45, 2.75) is 221 Å². The molecule has 37 nitrogen and oxygen atoms in total. The molecule has 0 spiro atoms. The summed E-state index contributed by atoms with van der Waals surface area (Å²) >= 11 is 0. The summed E-state index contributed by atoms with van der Waals surface area (Å²) in [5, 5.41) is 240. The Morgan fingerprint density at radius 2 is 0.489 bits per heavy atom. The van der Waals surface area contributed by atoms with E-state index in [4.69, 9.17) is 66.3 Å². The van der Waals surface area contributed by atoms with Crippen LogP contribution in [-0.2, 0) is 72.9 Å². The lowest BCUT2D eigenvalue weighted by Gasteiger charge is -2.50. The number of para-hydroxylation sites is 1. The molecule has 0 aliphatic carbocycles. The van der Waals surface area contributed by atoms with Gasteiger partial charge in [-0.15, -0.1) is 0 Å². The molecular weight excluding hydrogens is 1200 g/mol. The van der Waals surface area contributed by atoms with Gasteiger partial charge in [0.25, 0.3) is 0 Å². The SMILES string of the molecule is OC[C@H]1O[C@@H]2O[C@H]3[C@H](O)[C@@H](O)[C@@H](O[C@H]4[C@H](O)[C@@H](O)[C@@H](O[C@H]5[C@H](O)[C@@H](O)[C@@H](O[C@H]6[C@H](O)[C@@H](O)[C@@H](O[C@H]7[C@H](O)[C@@H](O)[C@@H](O[C@H]8[C@H](O)[C@H](O)[C@@H](O[C@H]1[C@H](O)[C@@H]2O)O[C@@H]8CO)O[C@@H]7CNCCNCc1ccccc1O)O[C@@H]6CO)O[C@@H]5CO)O[C@@H]4CO)O[C@@H]3CO. The molecule has 21 saturated heterocycles. The van der Waals surface area contributed by atoms with Gasteiger partial charge < -0.3 is 184 Å². The van der Waals surface area contributed by atoms with E-state index in [-0.39, 0.29) is 31.9 Å². The van der Waals surface area contributed by atoms with Crippen LogP contribution < -0.4 is 10.6 Å². The van der Waals surface area contributed by atoms with Crippen LogP contribution in [0.3, 0.4) is 0 Å². The molecule has 506 valence electrons. The molecule has 1 aromatic carbocycles. The monoisotopic (exact) mass is 1280 g/mol. The molecule has 0 unspecified atom stereocenters. The quantitative estimate of drug-likeness (QED) is 0.0816. The molecule has 21 heterocycles. The standard InChI is InChI=1S/C51H82N2O35/c54-9-18-39-26(63)33(70)47(77-18)85-41-20(11-56)79-49(35(72)28(41)65)87-43-22(13-58)81-51(37(74)30(43)67)88-44-23(14-59)80-50(36(73)29(44)66)86-42-21(12-57)78-48(34(71)27(42)64)84-40-19(10-55)76-46(32(69)25(40)62)82-38-17(75-45(83-39)31(68)24(38)61)8-53-6-5-52-7-15-3-1-2-4-16(15)60/h1-4,17-74H,5-14H2/t17-,18-,19-,20-,21-,22-,23-,24-,25-,26-,27-,28-,29-,30-,31-,32-,33+,34-,35+,36-,37-,38-,39-,40-,41-,42-,43-,44-,45-,46-,47-,48-,49-,50-,51-/m1/s1. The molecule has 0 radical (unpaired) electrons. The summed E-state index contributed by atoms with van der Waals surface area (Å²) in [6, 6.07) is 6.57. The van der Waals surface area contributed by atoms with E-state index in [1.807, 2.05) is 0 Å².